The quantitative estimate of drug-likeness (QED) is 0.487. The van der Waals surface area contributed by atoms with Crippen molar-refractivity contribution in [3.63, 3.8) is 0 Å². The number of esters is 2. The summed E-state index contributed by atoms with van der Waals surface area (Å²) in [5.41, 5.74) is 4.40. The number of para-hydroxylation sites is 1. The van der Waals surface area contributed by atoms with Crippen LogP contribution >= 0.6 is 0 Å². The Morgan fingerprint density at radius 1 is 1.00 bits per heavy atom. The highest BCUT2D eigenvalue weighted by molar-refractivity contribution is 6.22. The first-order valence-electron chi connectivity index (χ1n) is 8.96. The van der Waals surface area contributed by atoms with Gasteiger partial charge in [0, 0.05) is 11.4 Å². The standard InChI is InChI=1S/C21H21N3O6/c1-13-9-11-15(12-10-13)24-18(26)17(25)16(19(27)29-2)21(24,20(28)30-3)23-22-14-7-5-4-6-8-14/h4-12,22-23,25H,1-3H3. The maximum absolute atomic E-state index is 13.1. The van der Waals surface area contributed by atoms with E-state index in [1.165, 1.54) is 0 Å². The maximum atomic E-state index is 13.1. The molecule has 0 spiro atoms. The highest BCUT2D eigenvalue weighted by Crippen LogP contribution is 2.39. The Morgan fingerprint density at radius 3 is 2.20 bits per heavy atom. The van der Waals surface area contributed by atoms with Crippen molar-refractivity contribution in [2.75, 3.05) is 24.5 Å². The number of nitrogens with zero attached hydrogens (tertiary/aromatic N) is 1. The van der Waals surface area contributed by atoms with Gasteiger partial charge in [-0.05, 0) is 31.2 Å². The smallest absolute Gasteiger partial charge is 0.354 e. The molecule has 1 heterocycles. The fraction of sp³-hybridized carbons (Fsp3) is 0.190. The zero-order valence-electron chi connectivity index (χ0n) is 16.6. The van der Waals surface area contributed by atoms with E-state index in [1.807, 2.05) is 6.92 Å². The molecular formula is C21H21N3O6. The number of ether oxygens (including phenoxy) is 2. The first-order valence-corrected chi connectivity index (χ1v) is 8.96. The molecule has 0 radical (unpaired) electrons. The minimum absolute atomic E-state index is 0.254. The van der Waals surface area contributed by atoms with Crippen LogP contribution in [-0.2, 0) is 23.9 Å². The number of hydrogen-bond donors (Lipinski definition) is 3. The van der Waals surface area contributed by atoms with E-state index in [0.29, 0.717) is 5.69 Å². The van der Waals surface area contributed by atoms with Gasteiger partial charge < -0.3 is 20.0 Å². The predicted molar refractivity (Wildman–Crippen MR) is 108 cm³/mol. The molecule has 2 aromatic rings. The highest BCUT2D eigenvalue weighted by Gasteiger charge is 2.62. The summed E-state index contributed by atoms with van der Waals surface area (Å²) in [6, 6.07) is 15.3. The Morgan fingerprint density at radius 2 is 1.63 bits per heavy atom. The molecule has 30 heavy (non-hydrogen) atoms. The second-order valence-electron chi connectivity index (χ2n) is 6.51. The molecule has 0 aliphatic carbocycles. The van der Waals surface area contributed by atoms with E-state index < -0.39 is 34.8 Å². The number of aliphatic hydroxyl groups excluding tert-OH is 1. The van der Waals surface area contributed by atoms with Gasteiger partial charge in [0.05, 0.1) is 14.2 Å². The molecule has 0 aromatic heterocycles. The van der Waals surface area contributed by atoms with E-state index in [-0.39, 0.29) is 5.69 Å². The first kappa shape index (κ1) is 20.9. The Labute approximate surface area is 172 Å². The summed E-state index contributed by atoms with van der Waals surface area (Å²) in [7, 11) is 2.19. The van der Waals surface area contributed by atoms with Gasteiger partial charge in [-0.25, -0.2) is 9.59 Å². The van der Waals surface area contributed by atoms with Crippen molar-refractivity contribution < 1.29 is 29.0 Å². The number of hydrazine groups is 1. The number of aryl methyl sites for hydroxylation is 1. The fourth-order valence-electron chi connectivity index (χ4n) is 3.19. The Balaban J connectivity index is 2.20. The third-order valence-corrected chi connectivity index (χ3v) is 4.66. The number of anilines is 2. The van der Waals surface area contributed by atoms with E-state index in [4.69, 9.17) is 9.47 Å². The van der Waals surface area contributed by atoms with E-state index in [1.54, 1.807) is 54.6 Å². The first-order chi connectivity index (χ1) is 14.4. The summed E-state index contributed by atoms with van der Waals surface area (Å²) in [5.74, 6) is -3.96. The number of carbonyl (C=O) groups excluding carboxylic acids is 3. The summed E-state index contributed by atoms with van der Waals surface area (Å²) >= 11 is 0. The normalized spacial score (nSPS) is 18.4. The van der Waals surface area contributed by atoms with Gasteiger partial charge in [0.15, 0.2) is 5.76 Å². The maximum Gasteiger partial charge on any atom is 0.354 e. The van der Waals surface area contributed by atoms with Crippen LogP contribution in [0.1, 0.15) is 5.56 Å². The molecule has 0 saturated carbocycles. The van der Waals surface area contributed by atoms with Crippen molar-refractivity contribution in [2.24, 2.45) is 0 Å². The van der Waals surface area contributed by atoms with Gasteiger partial charge in [-0.1, -0.05) is 35.9 Å². The van der Waals surface area contributed by atoms with E-state index >= 15 is 0 Å². The summed E-state index contributed by atoms with van der Waals surface area (Å²) in [6.45, 7) is 1.86. The van der Waals surface area contributed by atoms with Crippen LogP contribution in [0.25, 0.3) is 0 Å². The van der Waals surface area contributed by atoms with Gasteiger partial charge in [0.1, 0.15) is 5.57 Å². The molecule has 0 fully saturated rings. The van der Waals surface area contributed by atoms with Gasteiger partial charge in [0.25, 0.3) is 11.6 Å². The van der Waals surface area contributed by atoms with Gasteiger partial charge in [-0.2, -0.15) is 5.43 Å². The van der Waals surface area contributed by atoms with E-state index in [9.17, 15) is 19.5 Å². The van der Waals surface area contributed by atoms with Gasteiger partial charge in [-0.3, -0.25) is 9.69 Å². The molecule has 1 atom stereocenters. The lowest BCUT2D eigenvalue weighted by atomic mass is 10.00. The van der Waals surface area contributed by atoms with Crippen LogP contribution in [0.3, 0.4) is 0 Å². The number of nitrogens with one attached hydrogen (secondary N) is 2. The molecule has 3 N–H and O–H groups in total. The Bertz CT molecular complexity index is 1000. The minimum atomic E-state index is -2.23. The van der Waals surface area contributed by atoms with Crippen molar-refractivity contribution in [2.45, 2.75) is 12.6 Å². The molecule has 9 heteroatoms. The number of hydrogen-bond acceptors (Lipinski definition) is 8. The molecule has 2 aromatic carbocycles. The predicted octanol–water partition coefficient (Wildman–Crippen LogP) is 1.81. The topological polar surface area (TPSA) is 117 Å². The van der Waals surface area contributed by atoms with Crippen LogP contribution in [0, 0.1) is 6.92 Å². The van der Waals surface area contributed by atoms with Crippen LogP contribution in [0.4, 0.5) is 11.4 Å². The highest BCUT2D eigenvalue weighted by atomic mass is 16.5. The third kappa shape index (κ3) is 3.35. The number of benzene rings is 2. The number of aliphatic hydroxyl groups is 1. The molecule has 0 bridgehead atoms. The van der Waals surface area contributed by atoms with Crippen LogP contribution in [0.2, 0.25) is 0 Å². The van der Waals surface area contributed by atoms with Crippen LogP contribution in [0.15, 0.2) is 65.9 Å². The summed E-state index contributed by atoms with van der Waals surface area (Å²) in [5, 5.41) is 10.5. The average molecular weight is 411 g/mol. The number of rotatable bonds is 6. The SMILES string of the molecule is COC(=O)C1=C(O)C(=O)N(c2ccc(C)cc2)C1(NNc1ccccc1)C(=O)OC. The fourth-order valence-corrected chi connectivity index (χ4v) is 3.19. The lowest BCUT2D eigenvalue weighted by Gasteiger charge is -2.37. The molecule has 1 amide bonds. The average Bonchev–Trinajstić information content (AvgIpc) is 3.00. The van der Waals surface area contributed by atoms with Gasteiger partial charge >= 0.3 is 11.9 Å². The Kier molecular flexibility index (Phi) is 5.74. The van der Waals surface area contributed by atoms with Crippen molar-refractivity contribution in [1.82, 2.24) is 5.43 Å². The second kappa shape index (κ2) is 8.26. The molecule has 9 nitrogen and oxygen atoms in total. The second-order valence-corrected chi connectivity index (χ2v) is 6.51. The summed E-state index contributed by atoms with van der Waals surface area (Å²) < 4.78 is 9.68. The van der Waals surface area contributed by atoms with Crippen LogP contribution in [0.5, 0.6) is 0 Å². The molecule has 1 aliphatic rings. The molecule has 0 saturated heterocycles. The third-order valence-electron chi connectivity index (χ3n) is 4.66. The number of methoxy groups -OCH3 is 2. The molecule has 1 unspecified atom stereocenters. The molecular weight excluding hydrogens is 390 g/mol. The van der Waals surface area contributed by atoms with Crippen molar-refractivity contribution in [3.8, 4) is 0 Å². The zero-order chi connectivity index (χ0) is 21.9. The number of carbonyl (C=O) groups is 3. The van der Waals surface area contributed by atoms with Crippen molar-refractivity contribution >= 4 is 29.2 Å². The minimum Gasteiger partial charge on any atom is -0.503 e. The molecule has 156 valence electrons. The van der Waals surface area contributed by atoms with E-state index in [2.05, 4.69) is 10.9 Å². The monoisotopic (exact) mass is 411 g/mol. The van der Waals surface area contributed by atoms with Crippen molar-refractivity contribution in [1.29, 1.82) is 0 Å². The molecule has 1 aliphatic heterocycles. The largest absolute Gasteiger partial charge is 0.503 e. The summed E-state index contributed by atoms with van der Waals surface area (Å²) in [6.07, 6.45) is 0. The Hall–Kier alpha value is -3.85. The lowest BCUT2D eigenvalue weighted by Crippen LogP contribution is -2.67. The number of amides is 1. The lowest BCUT2D eigenvalue weighted by molar-refractivity contribution is -0.150. The summed E-state index contributed by atoms with van der Waals surface area (Å²) in [4.78, 5) is 39.6. The van der Waals surface area contributed by atoms with Crippen molar-refractivity contribution in [3.05, 3.63) is 71.5 Å². The zero-order valence-corrected chi connectivity index (χ0v) is 16.6. The van der Waals surface area contributed by atoms with Crippen LogP contribution in [-0.4, -0.2) is 42.8 Å². The van der Waals surface area contributed by atoms with E-state index in [0.717, 1.165) is 24.7 Å². The van der Waals surface area contributed by atoms with Gasteiger partial charge in [0.2, 0.25) is 0 Å². The molecule has 3 rings (SSSR count). The van der Waals surface area contributed by atoms with Crippen LogP contribution < -0.4 is 15.8 Å². The van der Waals surface area contributed by atoms with Gasteiger partial charge in [-0.15, -0.1) is 0 Å².